The summed E-state index contributed by atoms with van der Waals surface area (Å²) in [7, 11) is -2.36. The van der Waals surface area contributed by atoms with Gasteiger partial charge in [-0.3, -0.25) is 10.1 Å². The van der Waals surface area contributed by atoms with Crippen LogP contribution in [0, 0.1) is 10.1 Å². The molecule has 0 aliphatic heterocycles. The van der Waals surface area contributed by atoms with E-state index in [1.165, 1.54) is 11.4 Å². The second kappa shape index (κ2) is 6.83. The first-order valence-corrected chi connectivity index (χ1v) is 7.70. The van der Waals surface area contributed by atoms with Crippen LogP contribution >= 0.6 is 0 Å². The number of nitro groups is 1. The molecule has 0 bridgehead atoms. The predicted molar refractivity (Wildman–Crippen MR) is 78.4 cm³/mol. The average Bonchev–Trinajstić information content (AvgIpc) is 2.37. The minimum absolute atomic E-state index is 0.141. The topological polar surface area (TPSA) is 116 Å². The maximum Gasteiger partial charge on any atom is 0.271 e. The zero-order valence-electron chi connectivity index (χ0n) is 12.1. The number of nitrogens with two attached hydrogens (primary N) is 1. The monoisotopic (exact) mass is 317 g/mol. The SMILES string of the molecule is COCCN(C(C)C)S(=O)(=O)c1ccc([N+](=O)[O-])cc1N. The van der Waals surface area contributed by atoms with Crippen LogP contribution < -0.4 is 5.73 Å². The fourth-order valence-electron chi connectivity index (χ4n) is 1.85. The van der Waals surface area contributed by atoms with Crippen LogP contribution in [-0.2, 0) is 14.8 Å². The number of ether oxygens (including phenoxy) is 1. The molecule has 2 N–H and O–H groups in total. The highest BCUT2D eigenvalue weighted by Gasteiger charge is 2.29. The molecule has 1 aromatic rings. The smallest absolute Gasteiger partial charge is 0.271 e. The lowest BCUT2D eigenvalue weighted by molar-refractivity contribution is -0.384. The molecule has 1 aromatic carbocycles. The highest BCUT2D eigenvalue weighted by Crippen LogP contribution is 2.27. The van der Waals surface area contributed by atoms with Crippen molar-refractivity contribution >= 4 is 21.4 Å². The second-order valence-electron chi connectivity index (χ2n) is 4.68. The molecule has 9 heteroatoms. The molecule has 0 saturated heterocycles. The Kier molecular flexibility index (Phi) is 5.64. The quantitative estimate of drug-likeness (QED) is 0.459. The molecule has 8 nitrogen and oxygen atoms in total. The Bertz CT molecular complexity index is 615. The van der Waals surface area contributed by atoms with Gasteiger partial charge in [-0.2, -0.15) is 4.31 Å². The Hall–Kier alpha value is -1.71. The molecular weight excluding hydrogens is 298 g/mol. The molecule has 0 saturated carbocycles. The van der Waals surface area contributed by atoms with Crippen LogP contribution in [0.25, 0.3) is 0 Å². The minimum atomic E-state index is -3.84. The standard InChI is InChI=1S/C12H19N3O5S/c1-9(2)14(6-7-20-3)21(18,19)12-5-4-10(15(16)17)8-11(12)13/h4-5,8-9H,6-7,13H2,1-3H3. The highest BCUT2D eigenvalue weighted by atomic mass is 32.2. The van der Waals surface area contributed by atoms with Crippen LogP contribution in [-0.4, -0.2) is 43.9 Å². The summed E-state index contributed by atoms with van der Waals surface area (Å²) in [5.41, 5.74) is 5.27. The van der Waals surface area contributed by atoms with Gasteiger partial charge in [0, 0.05) is 31.8 Å². The van der Waals surface area contributed by atoms with Crippen LogP contribution in [0.5, 0.6) is 0 Å². The molecule has 0 spiro atoms. The van der Waals surface area contributed by atoms with Gasteiger partial charge in [-0.25, -0.2) is 8.42 Å². The molecule has 0 aliphatic rings. The van der Waals surface area contributed by atoms with Gasteiger partial charge >= 0.3 is 0 Å². The van der Waals surface area contributed by atoms with E-state index in [0.29, 0.717) is 0 Å². The molecule has 118 valence electrons. The molecule has 0 aliphatic carbocycles. The molecule has 0 fully saturated rings. The Morgan fingerprint density at radius 3 is 2.48 bits per heavy atom. The first kappa shape index (κ1) is 17.3. The van der Waals surface area contributed by atoms with E-state index >= 15 is 0 Å². The summed E-state index contributed by atoms with van der Waals surface area (Å²) >= 11 is 0. The fraction of sp³-hybridized carbons (Fsp3) is 0.500. The van der Waals surface area contributed by atoms with Crippen molar-refractivity contribution < 1.29 is 18.1 Å². The lowest BCUT2D eigenvalue weighted by Gasteiger charge is -2.26. The van der Waals surface area contributed by atoms with Crippen LogP contribution in [0.1, 0.15) is 13.8 Å². The average molecular weight is 317 g/mol. The minimum Gasteiger partial charge on any atom is -0.397 e. The summed E-state index contributed by atoms with van der Waals surface area (Å²) in [6.07, 6.45) is 0. The van der Waals surface area contributed by atoms with Crippen LogP contribution in [0.2, 0.25) is 0 Å². The number of nitrogens with zero attached hydrogens (tertiary/aromatic N) is 2. The molecule has 0 heterocycles. The third-order valence-electron chi connectivity index (χ3n) is 2.88. The lowest BCUT2D eigenvalue weighted by Crippen LogP contribution is -2.39. The third kappa shape index (κ3) is 3.90. The summed E-state index contributed by atoms with van der Waals surface area (Å²) in [4.78, 5) is 9.90. The third-order valence-corrected chi connectivity index (χ3v) is 5.03. The van der Waals surface area contributed by atoms with Crippen LogP contribution in [0.4, 0.5) is 11.4 Å². The molecule has 0 amide bonds. The van der Waals surface area contributed by atoms with E-state index in [9.17, 15) is 18.5 Å². The summed E-state index contributed by atoms with van der Waals surface area (Å²) in [6.45, 7) is 3.88. The van der Waals surface area contributed by atoms with E-state index in [-0.39, 0.29) is 35.5 Å². The van der Waals surface area contributed by atoms with Gasteiger partial charge in [0.25, 0.3) is 5.69 Å². The first-order valence-electron chi connectivity index (χ1n) is 6.26. The number of rotatable bonds is 7. The van der Waals surface area contributed by atoms with E-state index in [2.05, 4.69) is 0 Å². The molecule has 0 radical (unpaired) electrons. The van der Waals surface area contributed by atoms with Gasteiger partial charge in [-0.05, 0) is 19.9 Å². The number of anilines is 1. The van der Waals surface area contributed by atoms with E-state index in [1.807, 2.05) is 0 Å². The van der Waals surface area contributed by atoms with Gasteiger partial charge in [0.2, 0.25) is 10.0 Å². The predicted octanol–water partition coefficient (Wildman–Crippen LogP) is 1.22. The molecule has 0 aromatic heterocycles. The highest BCUT2D eigenvalue weighted by molar-refractivity contribution is 7.89. The van der Waals surface area contributed by atoms with Gasteiger partial charge < -0.3 is 10.5 Å². The maximum atomic E-state index is 12.6. The molecular formula is C12H19N3O5S. The van der Waals surface area contributed by atoms with Gasteiger partial charge in [-0.15, -0.1) is 0 Å². The Labute approximate surface area is 123 Å². The van der Waals surface area contributed by atoms with Gasteiger partial charge in [0.1, 0.15) is 4.90 Å². The van der Waals surface area contributed by atoms with E-state index in [0.717, 1.165) is 18.2 Å². The maximum absolute atomic E-state index is 12.6. The van der Waals surface area contributed by atoms with Crippen molar-refractivity contribution in [2.75, 3.05) is 26.0 Å². The van der Waals surface area contributed by atoms with Crippen molar-refractivity contribution in [2.45, 2.75) is 24.8 Å². The number of methoxy groups -OCH3 is 1. The molecule has 0 unspecified atom stereocenters. The zero-order chi connectivity index (χ0) is 16.2. The summed E-state index contributed by atoms with van der Waals surface area (Å²) in [5.74, 6) is 0. The van der Waals surface area contributed by atoms with Crippen molar-refractivity contribution in [1.29, 1.82) is 0 Å². The van der Waals surface area contributed by atoms with Gasteiger partial charge in [-0.1, -0.05) is 0 Å². The number of non-ortho nitro benzene ring substituents is 1. The number of sulfonamides is 1. The Balaban J connectivity index is 3.25. The second-order valence-corrected chi connectivity index (χ2v) is 6.54. The van der Waals surface area contributed by atoms with Crippen molar-refractivity contribution in [3.05, 3.63) is 28.3 Å². The zero-order valence-corrected chi connectivity index (χ0v) is 13.0. The lowest BCUT2D eigenvalue weighted by atomic mass is 10.3. The molecule has 1 rings (SSSR count). The van der Waals surface area contributed by atoms with E-state index in [4.69, 9.17) is 10.5 Å². The summed E-state index contributed by atoms with van der Waals surface area (Å²) < 4.78 is 31.4. The Morgan fingerprint density at radius 1 is 1.43 bits per heavy atom. The van der Waals surface area contributed by atoms with E-state index < -0.39 is 14.9 Å². The van der Waals surface area contributed by atoms with Gasteiger partial charge in [0.15, 0.2) is 0 Å². The summed E-state index contributed by atoms with van der Waals surface area (Å²) in [6, 6.07) is 3.03. The number of nitro benzene ring substituents is 1. The summed E-state index contributed by atoms with van der Waals surface area (Å²) in [5, 5.41) is 10.7. The van der Waals surface area contributed by atoms with Crippen LogP contribution in [0.3, 0.4) is 0 Å². The number of hydrogen-bond donors (Lipinski definition) is 1. The largest absolute Gasteiger partial charge is 0.397 e. The van der Waals surface area contributed by atoms with Crippen molar-refractivity contribution in [3.8, 4) is 0 Å². The van der Waals surface area contributed by atoms with Crippen molar-refractivity contribution in [2.24, 2.45) is 0 Å². The normalized spacial score (nSPS) is 12.0. The number of hydrogen-bond acceptors (Lipinski definition) is 6. The fourth-order valence-corrected chi connectivity index (χ4v) is 3.57. The number of benzene rings is 1. The van der Waals surface area contributed by atoms with Crippen molar-refractivity contribution in [3.63, 3.8) is 0 Å². The van der Waals surface area contributed by atoms with Crippen LogP contribution in [0.15, 0.2) is 23.1 Å². The molecule has 0 atom stereocenters. The number of nitrogen functional groups attached to an aromatic ring is 1. The van der Waals surface area contributed by atoms with E-state index in [1.54, 1.807) is 13.8 Å². The molecule has 21 heavy (non-hydrogen) atoms. The van der Waals surface area contributed by atoms with Crippen molar-refractivity contribution in [1.82, 2.24) is 4.31 Å². The van der Waals surface area contributed by atoms with Gasteiger partial charge in [0.05, 0.1) is 17.2 Å². The Morgan fingerprint density at radius 2 is 2.05 bits per heavy atom. The first-order chi connectivity index (χ1) is 9.71.